The molecule has 4 rings (SSSR count). The summed E-state index contributed by atoms with van der Waals surface area (Å²) in [5.41, 5.74) is 3.81. The Morgan fingerprint density at radius 2 is 1.85 bits per heavy atom. The summed E-state index contributed by atoms with van der Waals surface area (Å²) in [4.78, 5) is 7.67. The maximum Gasteiger partial charge on any atom is 0.141 e. The number of aromatic amines is 1. The van der Waals surface area contributed by atoms with Crippen LogP contribution in [0.3, 0.4) is 0 Å². The molecule has 0 radical (unpaired) electrons. The van der Waals surface area contributed by atoms with E-state index in [9.17, 15) is 5.11 Å². The molecule has 96 valence electrons. The van der Waals surface area contributed by atoms with Gasteiger partial charge in [0, 0.05) is 33.7 Å². The van der Waals surface area contributed by atoms with Gasteiger partial charge in [0.15, 0.2) is 0 Å². The third-order valence-electron chi connectivity index (χ3n) is 3.57. The van der Waals surface area contributed by atoms with Gasteiger partial charge >= 0.3 is 0 Å². The number of phenols is 1. The van der Waals surface area contributed by atoms with Crippen molar-refractivity contribution in [3.05, 3.63) is 60.8 Å². The van der Waals surface area contributed by atoms with Crippen molar-refractivity contribution in [2.45, 2.75) is 0 Å². The first-order valence-corrected chi connectivity index (χ1v) is 6.48. The number of fused-ring (bicyclic) bond motifs is 2. The summed E-state index contributed by atoms with van der Waals surface area (Å²) >= 11 is 0. The first-order valence-electron chi connectivity index (χ1n) is 6.48. The summed E-state index contributed by atoms with van der Waals surface area (Å²) in [6, 6.07) is 17.8. The molecule has 0 spiro atoms. The number of nitrogens with one attached hydrogen (secondary N) is 1. The van der Waals surface area contributed by atoms with Crippen LogP contribution in [0.4, 0.5) is 0 Å². The monoisotopic (exact) mass is 260 g/mol. The lowest BCUT2D eigenvalue weighted by Gasteiger charge is -2.05. The molecule has 2 aromatic heterocycles. The van der Waals surface area contributed by atoms with Crippen molar-refractivity contribution in [2.24, 2.45) is 0 Å². The quantitative estimate of drug-likeness (QED) is 0.541. The number of H-pyrrole nitrogens is 1. The number of para-hydroxylation sites is 1. The summed E-state index contributed by atoms with van der Waals surface area (Å²) in [5, 5.41) is 12.0. The van der Waals surface area contributed by atoms with E-state index in [-0.39, 0.29) is 5.75 Å². The third kappa shape index (κ3) is 1.57. The van der Waals surface area contributed by atoms with Gasteiger partial charge in [0.1, 0.15) is 11.3 Å². The van der Waals surface area contributed by atoms with Crippen LogP contribution in [0.15, 0.2) is 60.8 Å². The zero-order valence-electron chi connectivity index (χ0n) is 10.7. The number of aromatic hydroxyl groups is 1. The van der Waals surface area contributed by atoms with Crippen LogP contribution < -0.4 is 0 Å². The highest BCUT2D eigenvalue weighted by Crippen LogP contribution is 2.33. The Kier molecular flexibility index (Phi) is 2.27. The topological polar surface area (TPSA) is 48.9 Å². The summed E-state index contributed by atoms with van der Waals surface area (Å²) < 4.78 is 0. The Balaban J connectivity index is 2.04. The molecule has 20 heavy (non-hydrogen) atoms. The predicted molar refractivity (Wildman–Crippen MR) is 80.7 cm³/mol. The highest BCUT2D eigenvalue weighted by Gasteiger charge is 2.09. The summed E-state index contributed by atoms with van der Waals surface area (Å²) in [7, 11) is 0. The summed E-state index contributed by atoms with van der Waals surface area (Å²) in [5.74, 6) is 0.209. The molecule has 0 saturated heterocycles. The van der Waals surface area contributed by atoms with Gasteiger partial charge in [0.25, 0.3) is 0 Å². The lowest BCUT2D eigenvalue weighted by Crippen LogP contribution is -1.84. The Bertz CT molecular complexity index is 891. The highest BCUT2D eigenvalue weighted by molar-refractivity contribution is 5.99. The molecule has 2 aromatic carbocycles. The van der Waals surface area contributed by atoms with E-state index < -0.39 is 0 Å². The second-order valence-corrected chi connectivity index (χ2v) is 4.80. The Hall–Kier alpha value is -2.81. The molecule has 3 heteroatoms. The zero-order chi connectivity index (χ0) is 13.5. The number of hydrogen-bond donors (Lipinski definition) is 2. The molecule has 2 N–H and O–H groups in total. The van der Waals surface area contributed by atoms with Crippen LogP contribution in [0, 0.1) is 0 Å². The SMILES string of the molecule is Oc1ccc(-c2cc3ccccc3[nH]2)c2cccnc12. The van der Waals surface area contributed by atoms with Gasteiger partial charge in [-0.05, 0) is 30.3 Å². The van der Waals surface area contributed by atoms with Gasteiger partial charge in [-0.3, -0.25) is 4.98 Å². The molecular formula is C17H12N2O. The van der Waals surface area contributed by atoms with Crippen LogP contribution in [0.1, 0.15) is 0 Å². The van der Waals surface area contributed by atoms with Crippen molar-refractivity contribution in [3.63, 3.8) is 0 Å². The fraction of sp³-hybridized carbons (Fsp3) is 0. The van der Waals surface area contributed by atoms with Crippen LogP contribution in [0.2, 0.25) is 0 Å². The smallest absolute Gasteiger partial charge is 0.141 e. The molecule has 0 fully saturated rings. The van der Waals surface area contributed by atoms with E-state index in [1.54, 1.807) is 12.3 Å². The number of pyridine rings is 1. The Morgan fingerprint density at radius 1 is 0.950 bits per heavy atom. The minimum atomic E-state index is 0.209. The molecule has 0 amide bonds. The molecule has 0 aliphatic rings. The molecule has 4 aromatic rings. The Labute approximate surface area is 115 Å². The minimum Gasteiger partial charge on any atom is -0.506 e. The second-order valence-electron chi connectivity index (χ2n) is 4.80. The Morgan fingerprint density at radius 3 is 2.75 bits per heavy atom. The average molecular weight is 260 g/mol. The maximum atomic E-state index is 9.91. The number of hydrogen-bond acceptors (Lipinski definition) is 2. The standard InChI is InChI=1S/C17H12N2O/c20-16-8-7-12(13-5-3-9-18-17(13)16)15-10-11-4-1-2-6-14(11)19-15/h1-10,19-20H. The van der Waals surface area contributed by atoms with Crippen LogP contribution in [0.5, 0.6) is 5.75 Å². The van der Waals surface area contributed by atoms with Crippen molar-refractivity contribution in [1.82, 2.24) is 9.97 Å². The minimum absolute atomic E-state index is 0.209. The second kappa shape index (κ2) is 4.10. The van der Waals surface area contributed by atoms with Gasteiger partial charge in [-0.1, -0.05) is 24.3 Å². The van der Waals surface area contributed by atoms with Crippen LogP contribution in [0.25, 0.3) is 33.1 Å². The van der Waals surface area contributed by atoms with E-state index >= 15 is 0 Å². The number of phenolic OH excluding ortho intramolecular Hbond substituents is 1. The van der Waals surface area contributed by atoms with Gasteiger partial charge in [-0.15, -0.1) is 0 Å². The number of aromatic nitrogens is 2. The largest absolute Gasteiger partial charge is 0.506 e. The fourth-order valence-electron chi connectivity index (χ4n) is 2.61. The van der Waals surface area contributed by atoms with Crippen molar-refractivity contribution in [2.75, 3.05) is 0 Å². The lowest BCUT2D eigenvalue weighted by atomic mass is 10.0. The zero-order valence-corrected chi connectivity index (χ0v) is 10.7. The third-order valence-corrected chi connectivity index (χ3v) is 3.57. The highest BCUT2D eigenvalue weighted by atomic mass is 16.3. The van der Waals surface area contributed by atoms with Crippen molar-refractivity contribution >= 4 is 21.8 Å². The van der Waals surface area contributed by atoms with E-state index in [2.05, 4.69) is 28.2 Å². The van der Waals surface area contributed by atoms with Crippen molar-refractivity contribution < 1.29 is 5.11 Å². The van der Waals surface area contributed by atoms with Crippen molar-refractivity contribution in [3.8, 4) is 17.0 Å². The first kappa shape index (κ1) is 11.1. The van der Waals surface area contributed by atoms with Crippen molar-refractivity contribution in [1.29, 1.82) is 0 Å². The molecule has 0 bridgehead atoms. The molecule has 0 saturated carbocycles. The molecule has 0 atom stereocenters. The molecular weight excluding hydrogens is 248 g/mol. The van der Waals surface area contributed by atoms with E-state index in [1.165, 1.54) is 5.39 Å². The fourth-order valence-corrected chi connectivity index (χ4v) is 2.61. The van der Waals surface area contributed by atoms with Crippen LogP contribution in [-0.4, -0.2) is 15.1 Å². The van der Waals surface area contributed by atoms with Gasteiger partial charge in [-0.2, -0.15) is 0 Å². The molecule has 3 nitrogen and oxygen atoms in total. The number of rotatable bonds is 1. The molecule has 0 aliphatic carbocycles. The molecule has 0 aliphatic heterocycles. The lowest BCUT2D eigenvalue weighted by molar-refractivity contribution is 0.480. The van der Waals surface area contributed by atoms with Gasteiger partial charge in [0.05, 0.1) is 0 Å². The maximum absolute atomic E-state index is 9.91. The molecule has 0 unspecified atom stereocenters. The molecule has 2 heterocycles. The van der Waals surface area contributed by atoms with E-state index in [1.807, 2.05) is 30.3 Å². The first-order chi connectivity index (χ1) is 9.83. The average Bonchev–Trinajstić information content (AvgIpc) is 2.91. The van der Waals surface area contributed by atoms with E-state index in [0.717, 1.165) is 22.2 Å². The number of nitrogens with zero attached hydrogens (tertiary/aromatic N) is 1. The van der Waals surface area contributed by atoms with Gasteiger partial charge < -0.3 is 10.1 Å². The van der Waals surface area contributed by atoms with Gasteiger partial charge in [0.2, 0.25) is 0 Å². The predicted octanol–water partition coefficient (Wildman–Crippen LogP) is 4.09. The van der Waals surface area contributed by atoms with E-state index in [0.29, 0.717) is 5.52 Å². The van der Waals surface area contributed by atoms with Crippen LogP contribution in [-0.2, 0) is 0 Å². The normalized spacial score (nSPS) is 11.2. The number of benzene rings is 2. The summed E-state index contributed by atoms with van der Waals surface area (Å²) in [6.45, 7) is 0. The van der Waals surface area contributed by atoms with Gasteiger partial charge in [-0.25, -0.2) is 0 Å². The van der Waals surface area contributed by atoms with Crippen LogP contribution >= 0.6 is 0 Å². The summed E-state index contributed by atoms with van der Waals surface area (Å²) in [6.07, 6.45) is 1.69. The van der Waals surface area contributed by atoms with E-state index in [4.69, 9.17) is 0 Å².